The van der Waals surface area contributed by atoms with E-state index < -0.39 is 37.1 Å². The highest BCUT2D eigenvalue weighted by atomic mass is 16.6. The quantitative estimate of drug-likeness (QED) is 0.446. The van der Waals surface area contributed by atoms with Crippen LogP contribution in [0.3, 0.4) is 0 Å². The summed E-state index contributed by atoms with van der Waals surface area (Å²) in [5, 5.41) is 32.6. The van der Waals surface area contributed by atoms with Gasteiger partial charge in [-0.2, -0.15) is 0 Å². The number of amides is 1. The molecule has 9 heteroatoms. The summed E-state index contributed by atoms with van der Waals surface area (Å²) >= 11 is 0. The molecule has 0 unspecified atom stereocenters. The Morgan fingerprint density at radius 1 is 1.50 bits per heavy atom. The number of carbonyl (C=O) groups excluding carboxylic acids is 1. The van der Waals surface area contributed by atoms with Crippen molar-refractivity contribution in [2.75, 3.05) is 6.61 Å². The van der Waals surface area contributed by atoms with Crippen molar-refractivity contribution in [3.63, 3.8) is 0 Å². The fraction of sp³-hybridized carbons (Fsp3) is 0.545. The van der Waals surface area contributed by atoms with Crippen molar-refractivity contribution in [3.05, 3.63) is 24.3 Å². The zero-order valence-electron chi connectivity index (χ0n) is 10.6. The van der Waals surface area contributed by atoms with E-state index in [4.69, 9.17) is 15.6 Å². The Hall–Kier alpha value is -1.81. The smallest absolute Gasteiger partial charge is 0.288 e. The van der Waals surface area contributed by atoms with Crippen LogP contribution in [0.4, 0.5) is 0 Å². The van der Waals surface area contributed by atoms with Gasteiger partial charge >= 0.3 is 0 Å². The van der Waals surface area contributed by atoms with Gasteiger partial charge in [-0.15, -0.1) is 11.7 Å². The van der Waals surface area contributed by atoms with Crippen LogP contribution >= 0.6 is 0 Å². The summed E-state index contributed by atoms with van der Waals surface area (Å²) in [7, 11) is 0. The van der Waals surface area contributed by atoms with Gasteiger partial charge in [0.1, 0.15) is 24.1 Å². The number of aliphatic hydroxyl groups excluding tert-OH is 3. The Labute approximate surface area is 114 Å². The van der Waals surface area contributed by atoms with Crippen LogP contribution in [0.25, 0.3) is 0 Å². The third-order valence-corrected chi connectivity index (χ3v) is 3.01. The van der Waals surface area contributed by atoms with Crippen molar-refractivity contribution >= 4 is 5.91 Å². The molecule has 9 nitrogen and oxygen atoms in total. The molecular formula is C11H16N4O5. The maximum absolute atomic E-state index is 11.1. The molecule has 0 bridgehead atoms. The summed E-state index contributed by atoms with van der Waals surface area (Å²) in [6, 6.07) is 0. The summed E-state index contributed by atoms with van der Waals surface area (Å²) in [6.07, 6.45) is -2.76. The van der Waals surface area contributed by atoms with Crippen LogP contribution in [0.1, 0.15) is 22.7 Å². The molecule has 0 saturated carbocycles. The zero-order chi connectivity index (χ0) is 14.9. The summed E-state index contributed by atoms with van der Waals surface area (Å²) in [5.74, 6) is -0.732. The average Bonchev–Trinajstić information content (AvgIpc) is 2.94. The van der Waals surface area contributed by atoms with E-state index in [0.29, 0.717) is 5.82 Å². The Kier molecular flexibility index (Phi) is 4.14. The van der Waals surface area contributed by atoms with E-state index in [1.54, 1.807) is 0 Å². The van der Waals surface area contributed by atoms with Gasteiger partial charge in [0.15, 0.2) is 6.23 Å². The largest absolute Gasteiger partial charge is 0.394 e. The number of primary amides is 1. The van der Waals surface area contributed by atoms with E-state index in [1.165, 1.54) is 10.8 Å². The minimum atomic E-state index is -1.31. The number of hydrogen-bond acceptors (Lipinski definition) is 7. The molecule has 0 aromatic carbocycles. The molecule has 1 aliphatic heterocycles. The molecule has 2 rings (SSSR count). The van der Waals surface area contributed by atoms with Crippen LogP contribution in [-0.2, 0) is 11.2 Å². The molecule has 1 fully saturated rings. The van der Waals surface area contributed by atoms with Gasteiger partial charge < -0.3 is 25.8 Å². The maximum atomic E-state index is 11.1. The highest BCUT2D eigenvalue weighted by Gasteiger charge is 2.44. The number of nitrogens with two attached hydrogens (primary N) is 1. The molecule has 1 amide bonds. The lowest BCUT2D eigenvalue weighted by atomic mass is 10.1. The second kappa shape index (κ2) is 5.67. The van der Waals surface area contributed by atoms with Crippen molar-refractivity contribution in [2.24, 2.45) is 5.73 Å². The standard InChI is InChI=1S/C11H16N4O5/c1-2-3-6-13-10(9(12)19)14-15(6)11-8(18)7(17)5(4-16)20-11/h2,5,7-8,11,16-18H,1,3-4H2,(H2,12,19)/t5-,7-,8-,11-/m1/s1. The molecule has 4 atom stereocenters. The Morgan fingerprint density at radius 3 is 2.70 bits per heavy atom. The minimum absolute atomic E-state index is 0.223. The fourth-order valence-corrected chi connectivity index (χ4v) is 2.01. The van der Waals surface area contributed by atoms with E-state index in [9.17, 15) is 15.0 Å². The van der Waals surface area contributed by atoms with Gasteiger partial charge in [-0.25, -0.2) is 9.67 Å². The molecule has 2 heterocycles. The lowest BCUT2D eigenvalue weighted by Gasteiger charge is -2.16. The van der Waals surface area contributed by atoms with Gasteiger partial charge in [-0.1, -0.05) is 6.08 Å². The predicted octanol–water partition coefficient (Wildman–Crippen LogP) is -2.28. The van der Waals surface area contributed by atoms with E-state index in [0.717, 1.165) is 0 Å². The van der Waals surface area contributed by atoms with Crippen molar-refractivity contribution in [2.45, 2.75) is 31.0 Å². The Bertz CT molecular complexity index is 517. The number of carbonyl (C=O) groups is 1. The van der Waals surface area contributed by atoms with Crippen LogP contribution < -0.4 is 5.73 Å². The SMILES string of the molecule is C=CCc1nc(C(N)=O)nn1[C@@H]1O[C@H](CO)[C@@H](O)[C@H]1O. The Morgan fingerprint density at radius 2 is 2.20 bits per heavy atom. The van der Waals surface area contributed by atoms with E-state index in [1.807, 2.05) is 0 Å². The second-order valence-corrected chi connectivity index (χ2v) is 4.38. The number of ether oxygens (including phenoxy) is 1. The number of hydrogen-bond donors (Lipinski definition) is 4. The highest BCUT2D eigenvalue weighted by Crippen LogP contribution is 2.29. The second-order valence-electron chi connectivity index (χ2n) is 4.38. The summed E-state index contributed by atoms with van der Waals surface area (Å²) in [5.41, 5.74) is 5.11. The molecule has 1 aromatic rings. The van der Waals surface area contributed by atoms with Gasteiger partial charge in [0.05, 0.1) is 6.61 Å². The third kappa shape index (κ3) is 2.43. The van der Waals surface area contributed by atoms with Crippen molar-refractivity contribution in [1.29, 1.82) is 0 Å². The Balaban J connectivity index is 2.36. The van der Waals surface area contributed by atoms with Crippen molar-refractivity contribution in [3.8, 4) is 0 Å². The molecule has 1 aromatic heterocycles. The molecule has 20 heavy (non-hydrogen) atoms. The van der Waals surface area contributed by atoms with Gasteiger partial charge in [0, 0.05) is 6.42 Å². The molecular weight excluding hydrogens is 268 g/mol. The molecule has 1 saturated heterocycles. The number of nitrogens with zero attached hydrogens (tertiary/aromatic N) is 3. The summed E-state index contributed by atoms with van der Waals surface area (Å²) < 4.78 is 6.50. The zero-order valence-corrected chi connectivity index (χ0v) is 10.6. The van der Waals surface area contributed by atoms with Crippen molar-refractivity contribution < 1.29 is 24.9 Å². The molecule has 110 valence electrons. The van der Waals surface area contributed by atoms with Gasteiger partial charge in [-0.3, -0.25) is 4.79 Å². The summed E-state index contributed by atoms with van der Waals surface area (Å²) in [6.45, 7) is 3.10. The molecule has 0 radical (unpaired) electrons. The lowest BCUT2D eigenvalue weighted by Crippen LogP contribution is -2.33. The number of allylic oxidation sites excluding steroid dienone is 1. The first-order valence-corrected chi connectivity index (χ1v) is 5.98. The lowest BCUT2D eigenvalue weighted by molar-refractivity contribution is -0.0600. The van der Waals surface area contributed by atoms with E-state index >= 15 is 0 Å². The number of aliphatic hydroxyl groups is 3. The van der Waals surface area contributed by atoms with E-state index in [-0.39, 0.29) is 12.2 Å². The monoisotopic (exact) mass is 284 g/mol. The van der Waals surface area contributed by atoms with Crippen LogP contribution in [0.15, 0.2) is 12.7 Å². The molecule has 0 spiro atoms. The van der Waals surface area contributed by atoms with Crippen molar-refractivity contribution in [1.82, 2.24) is 14.8 Å². The van der Waals surface area contributed by atoms with Crippen LogP contribution in [0, 0.1) is 0 Å². The first-order valence-electron chi connectivity index (χ1n) is 5.98. The topological polar surface area (TPSA) is 144 Å². The maximum Gasteiger partial charge on any atom is 0.288 e. The molecule has 5 N–H and O–H groups in total. The highest BCUT2D eigenvalue weighted by molar-refractivity contribution is 5.88. The van der Waals surface area contributed by atoms with Crippen LogP contribution in [-0.4, -0.2) is 60.9 Å². The fourth-order valence-electron chi connectivity index (χ4n) is 2.01. The minimum Gasteiger partial charge on any atom is -0.394 e. The summed E-state index contributed by atoms with van der Waals surface area (Å²) in [4.78, 5) is 15.0. The van der Waals surface area contributed by atoms with Gasteiger partial charge in [0.25, 0.3) is 5.91 Å². The third-order valence-electron chi connectivity index (χ3n) is 3.01. The van der Waals surface area contributed by atoms with E-state index in [2.05, 4.69) is 16.7 Å². The average molecular weight is 284 g/mol. The molecule has 0 aliphatic carbocycles. The van der Waals surface area contributed by atoms with Crippen LogP contribution in [0.2, 0.25) is 0 Å². The molecule has 1 aliphatic rings. The predicted molar refractivity (Wildman–Crippen MR) is 65.5 cm³/mol. The van der Waals surface area contributed by atoms with Crippen LogP contribution in [0.5, 0.6) is 0 Å². The first-order chi connectivity index (χ1) is 9.49. The van der Waals surface area contributed by atoms with Gasteiger partial charge in [0.2, 0.25) is 5.82 Å². The van der Waals surface area contributed by atoms with Gasteiger partial charge in [-0.05, 0) is 0 Å². The normalized spacial score (nSPS) is 29.6. The number of aromatic nitrogens is 3. The first kappa shape index (κ1) is 14.6. The number of rotatable bonds is 5.